The minimum atomic E-state index is -0.275. The minimum Gasteiger partial charge on any atom is -0.493 e. The van der Waals surface area contributed by atoms with Crippen molar-refractivity contribution in [2.75, 3.05) is 26.8 Å². The summed E-state index contributed by atoms with van der Waals surface area (Å²) in [5.41, 5.74) is 2.35. The lowest BCUT2D eigenvalue weighted by Gasteiger charge is -2.44. The van der Waals surface area contributed by atoms with Crippen molar-refractivity contribution in [3.63, 3.8) is 0 Å². The van der Waals surface area contributed by atoms with Crippen molar-refractivity contribution < 1.29 is 14.2 Å². The molecular formula is C23H32N2O3. The average molecular weight is 385 g/mol. The zero-order valence-corrected chi connectivity index (χ0v) is 17.6. The van der Waals surface area contributed by atoms with E-state index >= 15 is 0 Å². The standard InChI is InChI=1S/C23H32N2O3/c1-22(2,3)28-17-5-6-19-18-12-20(26-4)21(27-15-23(14-24)8-9-23)11-16(18)7-10-25(19)13-17/h11-12,17,19H,5-10,13,15H2,1-4H3. The fraction of sp³-hybridized carbons (Fsp3) is 0.696. The van der Waals surface area contributed by atoms with E-state index < -0.39 is 0 Å². The predicted octanol–water partition coefficient (Wildman–Crippen LogP) is 4.25. The summed E-state index contributed by atoms with van der Waals surface area (Å²) in [6.07, 6.45) is 5.38. The third kappa shape index (κ3) is 3.99. The maximum Gasteiger partial charge on any atom is 0.161 e. The van der Waals surface area contributed by atoms with Gasteiger partial charge in [0.05, 0.1) is 30.3 Å². The summed E-state index contributed by atoms with van der Waals surface area (Å²) in [5, 5.41) is 9.30. The van der Waals surface area contributed by atoms with Crippen molar-refractivity contribution in [2.24, 2.45) is 5.41 Å². The molecule has 5 heteroatoms. The summed E-state index contributed by atoms with van der Waals surface area (Å²) >= 11 is 0. The van der Waals surface area contributed by atoms with E-state index in [0.717, 1.165) is 56.7 Å². The van der Waals surface area contributed by atoms with Crippen LogP contribution in [0.25, 0.3) is 0 Å². The van der Waals surface area contributed by atoms with Crippen molar-refractivity contribution in [3.8, 4) is 17.6 Å². The van der Waals surface area contributed by atoms with E-state index in [1.165, 1.54) is 11.1 Å². The third-order valence-corrected chi connectivity index (χ3v) is 6.21. The number of rotatable bonds is 5. The Hall–Kier alpha value is -1.77. The van der Waals surface area contributed by atoms with Crippen LogP contribution in [0.3, 0.4) is 0 Å². The van der Waals surface area contributed by atoms with Gasteiger partial charge in [0, 0.05) is 19.1 Å². The van der Waals surface area contributed by atoms with E-state index in [-0.39, 0.29) is 11.0 Å². The molecule has 0 aromatic heterocycles. The van der Waals surface area contributed by atoms with Crippen LogP contribution in [0.2, 0.25) is 0 Å². The molecule has 2 fully saturated rings. The van der Waals surface area contributed by atoms with E-state index in [4.69, 9.17) is 14.2 Å². The van der Waals surface area contributed by atoms with Gasteiger partial charge >= 0.3 is 0 Å². The molecule has 0 bridgehead atoms. The Morgan fingerprint density at radius 1 is 1.21 bits per heavy atom. The first-order chi connectivity index (χ1) is 13.3. The summed E-state index contributed by atoms with van der Waals surface area (Å²) in [7, 11) is 1.69. The van der Waals surface area contributed by atoms with Gasteiger partial charge in [-0.15, -0.1) is 0 Å². The SMILES string of the molecule is COc1cc2c(cc1OCC1(C#N)CC1)CCN1CC(OC(C)(C)C)CCC21. The van der Waals surface area contributed by atoms with Gasteiger partial charge in [-0.3, -0.25) is 4.90 Å². The number of nitrogens with zero attached hydrogens (tertiary/aromatic N) is 2. The first-order valence-corrected chi connectivity index (χ1v) is 10.5. The highest BCUT2D eigenvalue weighted by Gasteiger charge is 2.44. The fourth-order valence-electron chi connectivity index (χ4n) is 4.54. The molecule has 2 heterocycles. The third-order valence-electron chi connectivity index (χ3n) is 6.21. The molecule has 4 rings (SSSR count). The van der Waals surface area contributed by atoms with Gasteiger partial charge in [-0.05, 0) is 76.1 Å². The molecule has 0 amide bonds. The number of piperidine rings is 1. The monoisotopic (exact) mass is 384 g/mol. The fourth-order valence-corrected chi connectivity index (χ4v) is 4.54. The Morgan fingerprint density at radius 2 is 2.00 bits per heavy atom. The van der Waals surface area contributed by atoms with Gasteiger partial charge in [0.1, 0.15) is 6.61 Å². The van der Waals surface area contributed by atoms with Crippen LogP contribution >= 0.6 is 0 Å². The summed E-state index contributed by atoms with van der Waals surface area (Å²) < 4.78 is 17.9. The van der Waals surface area contributed by atoms with Crippen molar-refractivity contribution in [1.29, 1.82) is 5.26 Å². The predicted molar refractivity (Wildman–Crippen MR) is 108 cm³/mol. The maximum absolute atomic E-state index is 9.30. The molecule has 0 N–H and O–H groups in total. The molecule has 1 aromatic carbocycles. The average Bonchev–Trinajstić information content (AvgIpc) is 3.44. The number of fused-ring (bicyclic) bond motifs is 3. The second-order valence-corrected chi connectivity index (χ2v) is 9.57. The molecular weight excluding hydrogens is 352 g/mol. The smallest absolute Gasteiger partial charge is 0.161 e. The van der Waals surface area contributed by atoms with Crippen molar-refractivity contribution in [3.05, 3.63) is 23.3 Å². The summed E-state index contributed by atoms with van der Waals surface area (Å²) in [6, 6.07) is 7.14. The quantitative estimate of drug-likeness (QED) is 0.759. The molecule has 2 aliphatic heterocycles. The molecule has 28 heavy (non-hydrogen) atoms. The number of nitriles is 1. The lowest BCUT2D eigenvalue weighted by Crippen LogP contribution is -2.47. The van der Waals surface area contributed by atoms with E-state index in [1.807, 2.05) is 0 Å². The van der Waals surface area contributed by atoms with E-state index in [9.17, 15) is 5.26 Å². The second kappa shape index (κ2) is 7.24. The highest BCUT2D eigenvalue weighted by Crippen LogP contribution is 2.47. The Labute approximate surface area is 168 Å². The first kappa shape index (κ1) is 19.5. The van der Waals surface area contributed by atoms with E-state index in [2.05, 4.69) is 43.9 Å². The van der Waals surface area contributed by atoms with Crippen molar-refractivity contribution in [1.82, 2.24) is 4.90 Å². The van der Waals surface area contributed by atoms with Crippen LogP contribution in [-0.2, 0) is 11.2 Å². The number of benzene rings is 1. The molecule has 1 saturated carbocycles. The van der Waals surface area contributed by atoms with Gasteiger partial charge < -0.3 is 14.2 Å². The minimum absolute atomic E-state index is 0.0942. The highest BCUT2D eigenvalue weighted by atomic mass is 16.5. The molecule has 1 aromatic rings. The second-order valence-electron chi connectivity index (χ2n) is 9.57. The molecule has 5 nitrogen and oxygen atoms in total. The Morgan fingerprint density at radius 3 is 2.64 bits per heavy atom. The largest absolute Gasteiger partial charge is 0.493 e. The van der Waals surface area contributed by atoms with Crippen molar-refractivity contribution in [2.45, 2.75) is 70.6 Å². The van der Waals surface area contributed by atoms with Gasteiger partial charge in [-0.2, -0.15) is 5.26 Å². The topological polar surface area (TPSA) is 54.7 Å². The highest BCUT2D eigenvalue weighted by molar-refractivity contribution is 5.49. The lowest BCUT2D eigenvalue weighted by molar-refractivity contribution is -0.0971. The summed E-state index contributed by atoms with van der Waals surface area (Å²) in [6.45, 7) is 8.90. The summed E-state index contributed by atoms with van der Waals surface area (Å²) in [4.78, 5) is 2.57. The molecule has 2 atom stereocenters. The van der Waals surface area contributed by atoms with Crippen LogP contribution in [0, 0.1) is 16.7 Å². The van der Waals surface area contributed by atoms with Gasteiger partial charge in [0.2, 0.25) is 0 Å². The van der Waals surface area contributed by atoms with E-state index in [0.29, 0.717) is 18.8 Å². The number of hydrogen-bond donors (Lipinski definition) is 0. The summed E-state index contributed by atoms with van der Waals surface area (Å²) in [5.74, 6) is 1.56. The lowest BCUT2D eigenvalue weighted by atomic mass is 9.85. The Balaban J connectivity index is 1.50. The van der Waals surface area contributed by atoms with Crippen LogP contribution in [0.15, 0.2) is 12.1 Å². The van der Waals surface area contributed by atoms with Gasteiger partial charge in [0.15, 0.2) is 11.5 Å². The van der Waals surface area contributed by atoms with Crippen LogP contribution < -0.4 is 9.47 Å². The maximum atomic E-state index is 9.30. The number of ether oxygens (including phenoxy) is 3. The normalized spacial score (nSPS) is 26.0. The van der Waals surface area contributed by atoms with E-state index in [1.54, 1.807) is 7.11 Å². The zero-order valence-electron chi connectivity index (χ0n) is 17.6. The van der Waals surface area contributed by atoms with Gasteiger partial charge in [0.25, 0.3) is 0 Å². The number of hydrogen-bond acceptors (Lipinski definition) is 5. The van der Waals surface area contributed by atoms with Crippen LogP contribution in [0.1, 0.15) is 63.6 Å². The molecule has 0 spiro atoms. The van der Waals surface area contributed by atoms with Crippen LogP contribution in [-0.4, -0.2) is 43.4 Å². The Bertz CT molecular complexity index is 773. The molecule has 1 saturated heterocycles. The Kier molecular flexibility index (Phi) is 5.05. The molecule has 2 unspecified atom stereocenters. The molecule has 152 valence electrons. The number of methoxy groups -OCH3 is 1. The molecule has 0 radical (unpaired) electrons. The van der Waals surface area contributed by atoms with Crippen LogP contribution in [0.4, 0.5) is 0 Å². The van der Waals surface area contributed by atoms with Gasteiger partial charge in [-0.1, -0.05) is 0 Å². The van der Waals surface area contributed by atoms with Crippen molar-refractivity contribution >= 4 is 0 Å². The molecule has 3 aliphatic rings. The molecule has 1 aliphatic carbocycles. The zero-order chi connectivity index (χ0) is 19.9. The first-order valence-electron chi connectivity index (χ1n) is 10.5. The van der Waals surface area contributed by atoms with Crippen LogP contribution in [0.5, 0.6) is 11.5 Å². The van der Waals surface area contributed by atoms with Gasteiger partial charge in [-0.25, -0.2) is 0 Å².